The molecule has 114 valence electrons. The van der Waals surface area contributed by atoms with Gasteiger partial charge in [-0.1, -0.05) is 36.7 Å². The maximum atomic E-state index is 6.37. The Morgan fingerprint density at radius 2 is 2.05 bits per heavy atom. The number of nitrogens with zero attached hydrogens (tertiary/aromatic N) is 2. The number of hydrogen-bond acceptors (Lipinski definition) is 2. The van der Waals surface area contributed by atoms with Gasteiger partial charge >= 0.3 is 0 Å². The average Bonchev–Trinajstić information content (AvgIpc) is 2.75. The molecular formula is C16H21BrClN3. The molecule has 0 aliphatic carbocycles. The third-order valence-electron chi connectivity index (χ3n) is 3.58. The number of halogens is 2. The molecule has 0 bridgehead atoms. The molecule has 1 atom stereocenters. The Morgan fingerprint density at radius 3 is 2.67 bits per heavy atom. The van der Waals surface area contributed by atoms with Crippen LogP contribution in [0.4, 0.5) is 0 Å². The van der Waals surface area contributed by atoms with Crippen LogP contribution in [0.3, 0.4) is 0 Å². The minimum Gasteiger partial charge on any atom is -0.310 e. The second kappa shape index (κ2) is 7.43. The standard InChI is InChI=1S/C16H21BrClN3/c1-4-19-14(12-8-6-7-9-13(12)18)10-15-16(17)11(3)20-21(15)5-2/h6-9,14,19H,4-5,10H2,1-3H3. The first-order chi connectivity index (χ1) is 10.1. The van der Waals surface area contributed by atoms with Gasteiger partial charge in [0, 0.05) is 24.0 Å². The van der Waals surface area contributed by atoms with Gasteiger partial charge in [-0.05, 0) is 48.0 Å². The zero-order valence-electron chi connectivity index (χ0n) is 12.7. The third kappa shape index (κ3) is 3.68. The van der Waals surface area contributed by atoms with Gasteiger partial charge in [-0.3, -0.25) is 4.68 Å². The summed E-state index contributed by atoms with van der Waals surface area (Å²) in [7, 11) is 0. The summed E-state index contributed by atoms with van der Waals surface area (Å²) in [5, 5.41) is 8.90. The predicted octanol–water partition coefficient (Wildman–Crippen LogP) is 4.52. The number of rotatable bonds is 6. The van der Waals surface area contributed by atoms with Crippen LogP contribution in [0.5, 0.6) is 0 Å². The van der Waals surface area contributed by atoms with Gasteiger partial charge in [0.25, 0.3) is 0 Å². The van der Waals surface area contributed by atoms with Gasteiger partial charge < -0.3 is 5.32 Å². The Labute approximate surface area is 139 Å². The van der Waals surface area contributed by atoms with Gasteiger partial charge in [0.1, 0.15) is 0 Å². The van der Waals surface area contributed by atoms with E-state index in [0.29, 0.717) is 0 Å². The van der Waals surface area contributed by atoms with Crippen molar-refractivity contribution in [3.8, 4) is 0 Å². The topological polar surface area (TPSA) is 29.9 Å². The summed E-state index contributed by atoms with van der Waals surface area (Å²) >= 11 is 10.0. The molecule has 0 saturated heterocycles. The van der Waals surface area contributed by atoms with Crippen LogP contribution in [0.15, 0.2) is 28.7 Å². The first kappa shape index (κ1) is 16.5. The van der Waals surface area contributed by atoms with Crippen molar-refractivity contribution in [1.82, 2.24) is 15.1 Å². The highest BCUT2D eigenvalue weighted by molar-refractivity contribution is 9.10. The largest absolute Gasteiger partial charge is 0.310 e. The first-order valence-corrected chi connectivity index (χ1v) is 8.45. The summed E-state index contributed by atoms with van der Waals surface area (Å²) in [4.78, 5) is 0. The fourth-order valence-electron chi connectivity index (χ4n) is 2.55. The predicted molar refractivity (Wildman–Crippen MR) is 91.9 cm³/mol. The summed E-state index contributed by atoms with van der Waals surface area (Å²) in [6.45, 7) is 8.01. The highest BCUT2D eigenvalue weighted by Crippen LogP contribution is 2.29. The number of aryl methyl sites for hydroxylation is 2. The van der Waals surface area contributed by atoms with E-state index in [2.05, 4.69) is 50.9 Å². The SMILES string of the molecule is CCNC(Cc1c(Br)c(C)nn1CC)c1ccccc1Cl. The number of hydrogen-bond donors (Lipinski definition) is 1. The van der Waals surface area contributed by atoms with Crippen LogP contribution >= 0.6 is 27.5 Å². The first-order valence-electron chi connectivity index (χ1n) is 7.28. The number of benzene rings is 1. The fourth-order valence-corrected chi connectivity index (χ4v) is 3.27. The molecule has 0 radical (unpaired) electrons. The normalized spacial score (nSPS) is 12.6. The molecule has 1 aromatic carbocycles. The van der Waals surface area contributed by atoms with Crippen molar-refractivity contribution in [3.63, 3.8) is 0 Å². The number of aromatic nitrogens is 2. The van der Waals surface area contributed by atoms with Crippen molar-refractivity contribution >= 4 is 27.5 Å². The fraction of sp³-hybridized carbons (Fsp3) is 0.438. The van der Waals surface area contributed by atoms with E-state index in [1.165, 1.54) is 5.69 Å². The van der Waals surface area contributed by atoms with Crippen molar-refractivity contribution in [3.05, 3.63) is 50.7 Å². The zero-order valence-corrected chi connectivity index (χ0v) is 15.0. The molecule has 1 N–H and O–H groups in total. The van der Waals surface area contributed by atoms with E-state index < -0.39 is 0 Å². The Hall–Kier alpha value is -0.840. The highest BCUT2D eigenvalue weighted by Gasteiger charge is 2.20. The molecule has 1 aromatic heterocycles. The molecule has 0 aliphatic heterocycles. The molecule has 2 rings (SSSR count). The van der Waals surface area contributed by atoms with Crippen LogP contribution in [0.25, 0.3) is 0 Å². The van der Waals surface area contributed by atoms with E-state index in [9.17, 15) is 0 Å². The molecule has 3 nitrogen and oxygen atoms in total. The minimum absolute atomic E-state index is 0.182. The maximum absolute atomic E-state index is 6.37. The van der Waals surface area contributed by atoms with E-state index in [0.717, 1.165) is 40.3 Å². The van der Waals surface area contributed by atoms with Gasteiger partial charge in [0.15, 0.2) is 0 Å². The van der Waals surface area contributed by atoms with E-state index in [4.69, 9.17) is 11.6 Å². The molecule has 0 aliphatic rings. The summed E-state index contributed by atoms with van der Waals surface area (Å²) in [5.41, 5.74) is 3.37. The lowest BCUT2D eigenvalue weighted by Crippen LogP contribution is -2.24. The van der Waals surface area contributed by atoms with Crippen LogP contribution in [0.1, 0.15) is 36.8 Å². The van der Waals surface area contributed by atoms with Crippen molar-refractivity contribution in [2.75, 3.05) is 6.54 Å². The Morgan fingerprint density at radius 1 is 1.33 bits per heavy atom. The Balaban J connectivity index is 2.35. The Kier molecular flexibility index (Phi) is 5.85. The number of nitrogens with one attached hydrogen (secondary N) is 1. The monoisotopic (exact) mass is 369 g/mol. The van der Waals surface area contributed by atoms with E-state index in [1.54, 1.807) is 0 Å². The molecule has 21 heavy (non-hydrogen) atoms. The van der Waals surface area contributed by atoms with Crippen molar-refractivity contribution < 1.29 is 0 Å². The molecule has 5 heteroatoms. The van der Waals surface area contributed by atoms with Gasteiger partial charge in [-0.2, -0.15) is 5.10 Å². The lowest BCUT2D eigenvalue weighted by atomic mass is 10.0. The Bertz CT molecular complexity index is 610. The highest BCUT2D eigenvalue weighted by atomic mass is 79.9. The van der Waals surface area contributed by atoms with E-state index in [1.807, 2.05) is 25.1 Å². The molecule has 0 fully saturated rings. The van der Waals surface area contributed by atoms with Gasteiger partial charge in [-0.25, -0.2) is 0 Å². The van der Waals surface area contributed by atoms with E-state index >= 15 is 0 Å². The minimum atomic E-state index is 0.182. The van der Waals surface area contributed by atoms with Gasteiger partial charge in [-0.15, -0.1) is 0 Å². The molecule has 1 unspecified atom stereocenters. The molecule has 0 amide bonds. The second-order valence-corrected chi connectivity index (χ2v) is 6.20. The zero-order chi connectivity index (χ0) is 15.4. The number of likely N-dealkylation sites (N-methyl/N-ethyl adjacent to an activating group) is 1. The van der Waals surface area contributed by atoms with E-state index in [-0.39, 0.29) is 6.04 Å². The molecule has 1 heterocycles. The summed E-state index contributed by atoms with van der Waals surface area (Å²) in [5.74, 6) is 0. The van der Waals surface area contributed by atoms with Crippen molar-refractivity contribution in [2.24, 2.45) is 0 Å². The van der Waals surface area contributed by atoms with Crippen LogP contribution < -0.4 is 5.32 Å². The summed E-state index contributed by atoms with van der Waals surface area (Å²) in [6, 6.07) is 8.21. The summed E-state index contributed by atoms with van der Waals surface area (Å²) in [6.07, 6.45) is 0.854. The van der Waals surface area contributed by atoms with Crippen LogP contribution in [0, 0.1) is 6.92 Å². The smallest absolute Gasteiger partial charge is 0.0738 e. The second-order valence-electron chi connectivity index (χ2n) is 5.00. The molecule has 2 aromatic rings. The quantitative estimate of drug-likeness (QED) is 0.810. The van der Waals surface area contributed by atoms with Gasteiger partial charge in [0.05, 0.1) is 15.9 Å². The average molecular weight is 371 g/mol. The van der Waals surface area contributed by atoms with Crippen LogP contribution in [0.2, 0.25) is 5.02 Å². The lowest BCUT2D eigenvalue weighted by Gasteiger charge is -2.20. The van der Waals surface area contributed by atoms with Gasteiger partial charge in [0.2, 0.25) is 0 Å². The van der Waals surface area contributed by atoms with Crippen molar-refractivity contribution in [2.45, 2.75) is 39.8 Å². The van der Waals surface area contributed by atoms with Crippen molar-refractivity contribution in [1.29, 1.82) is 0 Å². The third-order valence-corrected chi connectivity index (χ3v) is 4.96. The van der Waals surface area contributed by atoms with Crippen LogP contribution in [-0.2, 0) is 13.0 Å². The summed E-state index contributed by atoms with van der Waals surface area (Å²) < 4.78 is 3.15. The van der Waals surface area contributed by atoms with Crippen LogP contribution in [-0.4, -0.2) is 16.3 Å². The molecular weight excluding hydrogens is 350 g/mol. The molecule has 0 spiro atoms. The molecule has 0 saturated carbocycles. The maximum Gasteiger partial charge on any atom is 0.0738 e. The lowest BCUT2D eigenvalue weighted by molar-refractivity contribution is 0.515.